The third kappa shape index (κ3) is 6.19. The van der Waals surface area contributed by atoms with E-state index >= 15 is 0 Å². The van der Waals surface area contributed by atoms with Gasteiger partial charge in [0, 0.05) is 5.02 Å². The van der Waals surface area contributed by atoms with Crippen LogP contribution in [0.4, 0.5) is 12.9 Å². The molecule has 15 heavy (non-hydrogen) atoms. The van der Waals surface area contributed by atoms with Crippen LogP contribution in [0.2, 0.25) is 5.02 Å². The van der Waals surface area contributed by atoms with Crippen LogP contribution in [0.15, 0.2) is 18.2 Å². The second-order valence-corrected chi connectivity index (χ2v) is 3.37. The van der Waals surface area contributed by atoms with E-state index in [0.29, 0.717) is 10.6 Å². The summed E-state index contributed by atoms with van der Waals surface area (Å²) in [6.45, 7) is -4.49. The monoisotopic (exact) mass is 262 g/mol. The molecule has 1 aromatic carbocycles. The third-order valence-corrected chi connectivity index (χ3v) is 1.81. The van der Waals surface area contributed by atoms with Crippen molar-refractivity contribution in [2.24, 2.45) is 0 Å². The first-order valence-corrected chi connectivity index (χ1v) is 4.36. The van der Waals surface area contributed by atoms with E-state index in [-0.39, 0.29) is 57.1 Å². The second kappa shape index (κ2) is 6.52. The molecule has 0 spiro atoms. The molecule has 0 bridgehead atoms. The number of rotatable bonds is 3. The van der Waals surface area contributed by atoms with E-state index in [2.05, 4.69) is 4.74 Å². The van der Waals surface area contributed by atoms with Gasteiger partial charge in [-0.1, -0.05) is 17.7 Å². The van der Waals surface area contributed by atoms with Crippen LogP contribution in [0.3, 0.4) is 0 Å². The molecule has 0 unspecified atom stereocenters. The first-order chi connectivity index (χ1) is 6.38. The average molecular weight is 263 g/mol. The van der Waals surface area contributed by atoms with Crippen molar-refractivity contribution in [1.29, 1.82) is 0 Å². The Labute approximate surface area is 134 Å². The molecule has 0 N–H and O–H groups in total. The van der Waals surface area contributed by atoms with Crippen LogP contribution in [0.25, 0.3) is 0 Å². The van der Waals surface area contributed by atoms with Gasteiger partial charge < -0.3 is 17.7 Å². The van der Waals surface area contributed by atoms with Crippen LogP contribution in [0.1, 0.15) is 5.56 Å². The first-order valence-electron chi connectivity index (χ1n) is 3.98. The van der Waals surface area contributed by atoms with Crippen LogP contribution in [0.5, 0.6) is 5.75 Å². The largest absolute Gasteiger partial charge is 1.00 e. The quantitative estimate of drug-likeness (QED) is 0.718. The van der Waals surface area contributed by atoms with E-state index in [1.54, 1.807) is 19.1 Å². The predicted octanol–water partition coefficient (Wildman–Crippen LogP) is 0.418. The minimum atomic E-state index is -4.92. The molecule has 0 aromatic heterocycles. The Morgan fingerprint density at radius 1 is 1.33 bits per heavy atom. The molecule has 0 amide bonds. The fraction of sp³-hybridized carbons (Fsp3) is 0.250. The van der Waals surface area contributed by atoms with Gasteiger partial charge >= 0.3 is 58.4 Å². The number of hydrogen-bond donors (Lipinski definition) is 0. The average Bonchev–Trinajstić information content (AvgIpc) is 2.05. The number of benzene rings is 1. The summed E-state index contributed by atoms with van der Waals surface area (Å²) in [5, 5.41) is 0.361. The van der Waals surface area contributed by atoms with Gasteiger partial charge in [0.2, 0.25) is 0 Å². The van der Waals surface area contributed by atoms with Gasteiger partial charge in [0.05, 0.1) is 6.51 Å². The molecular formula is C8H8BClF3KO. The molecule has 0 saturated heterocycles. The van der Waals surface area contributed by atoms with Gasteiger partial charge in [0.25, 0.3) is 0 Å². The Kier molecular flexibility index (Phi) is 6.86. The summed E-state index contributed by atoms with van der Waals surface area (Å²) in [6.07, 6.45) is 0. The van der Waals surface area contributed by atoms with Crippen LogP contribution in [-0.4, -0.2) is 13.5 Å². The SMILES string of the molecule is Cc1ccc(Cl)cc1OC[B-](F)(F)F.[K+]. The number of halogens is 4. The van der Waals surface area contributed by atoms with Gasteiger partial charge in [-0.3, -0.25) is 0 Å². The minimum absolute atomic E-state index is 0. The molecule has 7 heteroatoms. The van der Waals surface area contributed by atoms with E-state index < -0.39 is 13.5 Å². The summed E-state index contributed by atoms with van der Waals surface area (Å²) < 4.78 is 40.2. The summed E-state index contributed by atoms with van der Waals surface area (Å²) >= 11 is 5.61. The predicted molar refractivity (Wildman–Crippen MR) is 50.8 cm³/mol. The van der Waals surface area contributed by atoms with E-state index in [4.69, 9.17) is 11.6 Å². The van der Waals surface area contributed by atoms with Crippen molar-refractivity contribution in [3.05, 3.63) is 28.8 Å². The standard InChI is InChI=1S/C8H8BClF3O.K/c1-6-2-3-7(10)4-8(6)14-5-9(11,12)13;/h2-4H,5H2,1H3;/q-1;+1. The maximum Gasteiger partial charge on any atom is 1.00 e. The van der Waals surface area contributed by atoms with E-state index in [1.165, 1.54) is 6.07 Å². The third-order valence-electron chi connectivity index (χ3n) is 1.58. The van der Waals surface area contributed by atoms with Crippen molar-refractivity contribution in [1.82, 2.24) is 0 Å². The van der Waals surface area contributed by atoms with Crippen LogP contribution in [-0.2, 0) is 0 Å². The smallest absolute Gasteiger partial charge is 0.521 e. The Morgan fingerprint density at radius 3 is 2.47 bits per heavy atom. The van der Waals surface area contributed by atoms with Gasteiger partial charge in [-0.25, -0.2) is 0 Å². The molecule has 0 heterocycles. The molecule has 0 aliphatic carbocycles. The molecule has 0 aliphatic heterocycles. The van der Waals surface area contributed by atoms with Gasteiger partial charge in [0.15, 0.2) is 0 Å². The summed E-state index contributed by atoms with van der Waals surface area (Å²) in [7, 11) is 0. The van der Waals surface area contributed by atoms with Gasteiger partial charge in [-0.15, -0.1) is 0 Å². The molecule has 0 saturated carbocycles. The van der Waals surface area contributed by atoms with Crippen LogP contribution in [0, 0.1) is 6.92 Å². The minimum Gasteiger partial charge on any atom is -0.521 e. The molecule has 1 aromatic rings. The molecular weight excluding hydrogens is 254 g/mol. The fourth-order valence-electron chi connectivity index (χ4n) is 0.914. The molecule has 0 atom stereocenters. The topological polar surface area (TPSA) is 9.23 Å². The van der Waals surface area contributed by atoms with E-state index in [1.807, 2.05) is 0 Å². The maximum atomic E-state index is 11.9. The van der Waals surface area contributed by atoms with Crippen molar-refractivity contribution in [3.8, 4) is 5.75 Å². The first kappa shape index (κ1) is 15.8. The fourth-order valence-corrected chi connectivity index (χ4v) is 1.08. The van der Waals surface area contributed by atoms with Crippen molar-refractivity contribution >= 4 is 18.6 Å². The second-order valence-electron chi connectivity index (χ2n) is 2.93. The van der Waals surface area contributed by atoms with E-state index in [0.717, 1.165) is 0 Å². The van der Waals surface area contributed by atoms with Crippen LogP contribution >= 0.6 is 11.6 Å². The van der Waals surface area contributed by atoms with E-state index in [9.17, 15) is 12.9 Å². The van der Waals surface area contributed by atoms with Crippen molar-refractivity contribution in [2.75, 3.05) is 6.51 Å². The molecule has 0 fully saturated rings. The zero-order valence-electron chi connectivity index (χ0n) is 8.44. The zero-order chi connectivity index (χ0) is 10.8. The molecule has 0 aliphatic rings. The molecule has 1 rings (SSSR count). The van der Waals surface area contributed by atoms with Crippen molar-refractivity contribution in [2.45, 2.75) is 6.92 Å². The van der Waals surface area contributed by atoms with Gasteiger partial charge in [-0.05, 0) is 24.6 Å². The molecule has 78 valence electrons. The number of aryl methyl sites for hydroxylation is 1. The van der Waals surface area contributed by atoms with Gasteiger partial charge in [0.1, 0.15) is 5.75 Å². The molecule has 0 radical (unpaired) electrons. The maximum absolute atomic E-state index is 11.9. The van der Waals surface area contributed by atoms with Gasteiger partial charge in [-0.2, -0.15) is 0 Å². The van der Waals surface area contributed by atoms with Crippen molar-refractivity contribution < 1.29 is 69.1 Å². The normalized spacial score (nSPS) is 10.7. The summed E-state index contributed by atoms with van der Waals surface area (Å²) in [5.41, 5.74) is 0.634. The Morgan fingerprint density at radius 2 is 1.93 bits per heavy atom. The van der Waals surface area contributed by atoms with Crippen molar-refractivity contribution in [3.63, 3.8) is 0 Å². The Balaban J connectivity index is 0.00000196. The molecule has 1 nitrogen and oxygen atoms in total. The number of ether oxygens (including phenoxy) is 1. The summed E-state index contributed by atoms with van der Waals surface area (Å²) in [6, 6.07) is 4.59. The summed E-state index contributed by atoms with van der Waals surface area (Å²) in [5.74, 6) is 0.178. The van der Waals surface area contributed by atoms with Crippen LogP contribution < -0.4 is 56.1 Å². The Hall–Kier alpha value is 0.801. The summed E-state index contributed by atoms with van der Waals surface area (Å²) in [4.78, 5) is 0. The zero-order valence-corrected chi connectivity index (χ0v) is 12.3. The Bertz CT molecular complexity index is 332. The number of hydrogen-bond acceptors (Lipinski definition) is 1.